The third kappa shape index (κ3) is 4.36. The molecule has 3 N–H and O–H groups in total. The van der Waals surface area contributed by atoms with Gasteiger partial charge in [-0.05, 0) is 37.0 Å². The molecule has 2 rings (SSSR count). The van der Waals surface area contributed by atoms with Crippen LogP contribution < -0.4 is 11.1 Å². The smallest absolute Gasteiger partial charge is 0.244 e. The van der Waals surface area contributed by atoms with E-state index in [0.29, 0.717) is 35.3 Å². The molecule has 1 heterocycles. The monoisotopic (exact) mass is 309 g/mol. The van der Waals surface area contributed by atoms with Crippen LogP contribution in [0.25, 0.3) is 0 Å². The van der Waals surface area contributed by atoms with Crippen molar-refractivity contribution in [3.05, 3.63) is 23.2 Å². The third-order valence-corrected chi connectivity index (χ3v) is 4.01. The molecule has 1 unspecified atom stereocenters. The van der Waals surface area contributed by atoms with Crippen LogP contribution in [0.4, 0.5) is 11.4 Å². The molecule has 1 aliphatic rings. The predicted molar refractivity (Wildman–Crippen MR) is 84.1 cm³/mol. The summed E-state index contributed by atoms with van der Waals surface area (Å²) in [5, 5.41) is 3.10. The normalized spacial score (nSPS) is 19.2. The predicted octanol–water partition coefficient (Wildman–Crippen LogP) is 2.51. The summed E-state index contributed by atoms with van der Waals surface area (Å²) >= 11 is 6.01. The Morgan fingerprint density at radius 1 is 1.48 bits per heavy atom. The standard InChI is InChI=1S/C15H20ClN3O2/c1-10-2-5-15(21)19(7-6-10)9-14(20)18-13-4-3-11(17)8-12(13)16/h3-4,8,10H,2,5-7,9,17H2,1H3,(H,18,20). The van der Waals surface area contributed by atoms with Gasteiger partial charge in [0.15, 0.2) is 0 Å². The molecular formula is C15H20ClN3O2. The average molecular weight is 310 g/mol. The lowest BCUT2D eigenvalue weighted by atomic mass is 10.0. The van der Waals surface area contributed by atoms with Crippen LogP contribution in [0.15, 0.2) is 18.2 Å². The van der Waals surface area contributed by atoms with Gasteiger partial charge < -0.3 is 16.0 Å². The minimum Gasteiger partial charge on any atom is -0.399 e. The molecule has 1 aromatic rings. The van der Waals surface area contributed by atoms with E-state index in [1.54, 1.807) is 23.1 Å². The van der Waals surface area contributed by atoms with Crippen LogP contribution in [0.2, 0.25) is 5.02 Å². The number of carbonyl (C=O) groups excluding carboxylic acids is 2. The molecule has 1 saturated heterocycles. The first-order valence-corrected chi connectivity index (χ1v) is 7.46. The largest absolute Gasteiger partial charge is 0.399 e. The average Bonchev–Trinajstić information content (AvgIpc) is 2.57. The van der Waals surface area contributed by atoms with Crippen LogP contribution in [-0.2, 0) is 9.59 Å². The van der Waals surface area contributed by atoms with Gasteiger partial charge in [0.2, 0.25) is 11.8 Å². The molecule has 1 aromatic carbocycles. The van der Waals surface area contributed by atoms with Crippen molar-refractivity contribution in [2.45, 2.75) is 26.2 Å². The van der Waals surface area contributed by atoms with Crippen molar-refractivity contribution in [3.63, 3.8) is 0 Å². The number of amides is 2. The maximum atomic E-state index is 12.1. The first-order chi connectivity index (χ1) is 9.95. The van der Waals surface area contributed by atoms with Crippen molar-refractivity contribution < 1.29 is 9.59 Å². The number of anilines is 2. The molecule has 0 aliphatic carbocycles. The summed E-state index contributed by atoms with van der Waals surface area (Å²) in [6.07, 6.45) is 2.33. The molecule has 1 fully saturated rings. The second kappa shape index (κ2) is 6.80. The summed E-state index contributed by atoms with van der Waals surface area (Å²) in [5.41, 5.74) is 6.65. The SMILES string of the molecule is CC1CCC(=O)N(CC(=O)Nc2ccc(N)cc2Cl)CC1. The number of carbonyl (C=O) groups is 2. The fourth-order valence-corrected chi connectivity index (χ4v) is 2.57. The molecule has 1 aliphatic heterocycles. The lowest BCUT2D eigenvalue weighted by Crippen LogP contribution is -2.37. The first kappa shape index (κ1) is 15.6. The number of nitrogen functional groups attached to an aromatic ring is 1. The fourth-order valence-electron chi connectivity index (χ4n) is 2.34. The summed E-state index contributed by atoms with van der Waals surface area (Å²) in [6, 6.07) is 4.90. The number of hydrogen-bond donors (Lipinski definition) is 2. The Bertz CT molecular complexity index is 548. The Kier molecular flexibility index (Phi) is 5.07. The maximum absolute atomic E-state index is 12.1. The lowest BCUT2D eigenvalue weighted by molar-refractivity contribution is -0.134. The summed E-state index contributed by atoms with van der Waals surface area (Å²) in [6.45, 7) is 2.82. The van der Waals surface area contributed by atoms with Crippen LogP contribution in [0.1, 0.15) is 26.2 Å². The maximum Gasteiger partial charge on any atom is 0.244 e. The van der Waals surface area contributed by atoms with Crippen LogP contribution in [0.3, 0.4) is 0 Å². The van der Waals surface area contributed by atoms with E-state index in [-0.39, 0.29) is 18.4 Å². The van der Waals surface area contributed by atoms with E-state index in [1.807, 2.05) is 0 Å². The van der Waals surface area contributed by atoms with Crippen molar-refractivity contribution in [3.8, 4) is 0 Å². The molecule has 1 atom stereocenters. The molecule has 0 aromatic heterocycles. The number of likely N-dealkylation sites (tertiary alicyclic amines) is 1. The zero-order valence-electron chi connectivity index (χ0n) is 12.1. The van der Waals surface area contributed by atoms with Crippen molar-refractivity contribution in [2.24, 2.45) is 5.92 Å². The van der Waals surface area contributed by atoms with Crippen LogP contribution in [0, 0.1) is 5.92 Å². The highest BCUT2D eigenvalue weighted by Crippen LogP contribution is 2.24. The van der Waals surface area contributed by atoms with Crippen LogP contribution >= 0.6 is 11.6 Å². The van der Waals surface area contributed by atoms with Crippen molar-refractivity contribution in [2.75, 3.05) is 24.1 Å². The van der Waals surface area contributed by atoms with E-state index in [0.717, 1.165) is 12.8 Å². The summed E-state index contributed by atoms with van der Waals surface area (Å²) < 4.78 is 0. The van der Waals surface area contributed by atoms with Gasteiger partial charge in [-0.2, -0.15) is 0 Å². The molecule has 2 amide bonds. The highest BCUT2D eigenvalue weighted by atomic mass is 35.5. The topological polar surface area (TPSA) is 75.4 Å². The first-order valence-electron chi connectivity index (χ1n) is 7.08. The van der Waals surface area contributed by atoms with Gasteiger partial charge in [0, 0.05) is 18.7 Å². The Balaban J connectivity index is 1.96. The van der Waals surface area contributed by atoms with Crippen molar-refractivity contribution in [1.29, 1.82) is 0 Å². The quantitative estimate of drug-likeness (QED) is 0.842. The highest BCUT2D eigenvalue weighted by molar-refractivity contribution is 6.34. The van der Waals surface area contributed by atoms with E-state index in [2.05, 4.69) is 12.2 Å². The molecular weight excluding hydrogens is 290 g/mol. The molecule has 6 heteroatoms. The minimum absolute atomic E-state index is 0.0397. The van der Waals surface area contributed by atoms with Crippen molar-refractivity contribution >= 4 is 34.8 Å². The van der Waals surface area contributed by atoms with Gasteiger partial charge in [0.05, 0.1) is 17.3 Å². The Morgan fingerprint density at radius 2 is 2.24 bits per heavy atom. The number of hydrogen-bond acceptors (Lipinski definition) is 3. The second-order valence-corrected chi connectivity index (χ2v) is 5.94. The van der Waals surface area contributed by atoms with Gasteiger partial charge in [-0.1, -0.05) is 18.5 Å². The number of halogens is 1. The van der Waals surface area contributed by atoms with E-state index in [4.69, 9.17) is 17.3 Å². The van der Waals surface area contributed by atoms with Crippen LogP contribution in [0.5, 0.6) is 0 Å². The van der Waals surface area contributed by atoms with Gasteiger partial charge in [-0.3, -0.25) is 9.59 Å². The summed E-state index contributed by atoms with van der Waals surface area (Å²) in [5.74, 6) is 0.316. The minimum atomic E-state index is -0.246. The highest BCUT2D eigenvalue weighted by Gasteiger charge is 2.22. The second-order valence-electron chi connectivity index (χ2n) is 5.54. The van der Waals surface area contributed by atoms with Gasteiger partial charge in [-0.15, -0.1) is 0 Å². The molecule has 5 nitrogen and oxygen atoms in total. The number of rotatable bonds is 3. The molecule has 114 valence electrons. The zero-order valence-corrected chi connectivity index (χ0v) is 12.8. The molecule has 0 radical (unpaired) electrons. The number of nitrogens with one attached hydrogen (secondary N) is 1. The Labute approximate surface area is 129 Å². The Morgan fingerprint density at radius 3 is 2.95 bits per heavy atom. The van der Waals surface area contributed by atoms with E-state index in [9.17, 15) is 9.59 Å². The third-order valence-electron chi connectivity index (χ3n) is 3.70. The Hall–Kier alpha value is -1.75. The summed E-state index contributed by atoms with van der Waals surface area (Å²) in [4.78, 5) is 25.6. The van der Waals surface area contributed by atoms with Gasteiger partial charge in [0.1, 0.15) is 0 Å². The van der Waals surface area contributed by atoms with E-state index >= 15 is 0 Å². The molecule has 21 heavy (non-hydrogen) atoms. The van der Waals surface area contributed by atoms with Gasteiger partial charge >= 0.3 is 0 Å². The lowest BCUT2D eigenvalue weighted by Gasteiger charge is -2.20. The van der Waals surface area contributed by atoms with Gasteiger partial charge in [-0.25, -0.2) is 0 Å². The molecule has 0 spiro atoms. The fraction of sp³-hybridized carbons (Fsp3) is 0.467. The number of nitrogens with zero attached hydrogens (tertiary/aromatic N) is 1. The van der Waals surface area contributed by atoms with Crippen molar-refractivity contribution in [1.82, 2.24) is 4.90 Å². The van der Waals surface area contributed by atoms with E-state index < -0.39 is 0 Å². The number of nitrogens with two attached hydrogens (primary N) is 1. The number of benzene rings is 1. The van der Waals surface area contributed by atoms with E-state index in [1.165, 1.54) is 0 Å². The molecule has 0 saturated carbocycles. The molecule has 0 bridgehead atoms. The van der Waals surface area contributed by atoms with Gasteiger partial charge in [0.25, 0.3) is 0 Å². The summed E-state index contributed by atoms with van der Waals surface area (Å²) in [7, 11) is 0. The van der Waals surface area contributed by atoms with Crippen LogP contribution in [-0.4, -0.2) is 29.8 Å². The zero-order chi connectivity index (χ0) is 15.4.